The van der Waals surface area contributed by atoms with E-state index in [1.807, 2.05) is 6.08 Å². The van der Waals surface area contributed by atoms with Gasteiger partial charge in [0.05, 0.1) is 12.7 Å². The van der Waals surface area contributed by atoms with E-state index >= 15 is 0 Å². The van der Waals surface area contributed by atoms with Gasteiger partial charge < -0.3 is 9.84 Å². The molecule has 0 aliphatic heterocycles. The molecule has 2 aromatic carbocycles. The Labute approximate surface area is 211 Å². The van der Waals surface area contributed by atoms with Gasteiger partial charge in [0.2, 0.25) is 5.82 Å². The monoisotopic (exact) mass is 504 g/mol. The van der Waals surface area contributed by atoms with Gasteiger partial charge in [0.1, 0.15) is 0 Å². The Kier molecular flexibility index (Phi) is 8.76. The van der Waals surface area contributed by atoms with Crippen LogP contribution < -0.4 is 4.74 Å². The summed E-state index contributed by atoms with van der Waals surface area (Å²) in [6.07, 6.45) is 9.28. The molecule has 2 aliphatic carbocycles. The van der Waals surface area contributed by atoms with Gasteiger partial charge in [0.25, 0.3) is 0 Å². The summed E-state index contributed by atoms with van der Waals surface area (Å²) in [7, 11) is 0. The quantitative estimate of drug-likeness (QED) is 0.385. The summed E-state index contributed by atoms with van der Waals surface area (Å²) in [4.78, 5) is 0. The zero-order chi connectivity index (χ0) is 25.8. The lowest BCUT2D eigenvalue weighted by Crippen LogP contribution is -2.23. The van der Waals surface area contributed by atoms with E-state index in [2.05, 4.69) is 0 Å². The molecule has 2 aromatic rings. The first-order valence-corrected chi connectivity index (χ1v) is 13.2. The SMILES string of the molecule is CCOc1ccc(C2CCC(/C=C/c3ccc(C4CCC(C(C)O)CC4)c(F)c3F)CC2)c(F)c1F. The second-order valence-corrected chi connectivity index (χ2v) is 10.4. The Morgan fingerprint density at radius 1 is 0.806 bits per heavy atom. The molecule has 0 heterocycles. The van der Waals surface area contributed by atoms with Gasteiger partial charge in [0, 0.05) is 5.56 Å². The lowest BCUT2D eigenvalue weighted by Gasteiger charge is -2.30. The van der Waals surface area contributed by atoms with Crippen LogP contribution in [0.2, 0.25) is 0 Å². The van der Waals surface area contributed by atoms with Gasteiger partial charge in [-0.05, 0) is 106 Å². The molecule has 2 aliphatic rings. The molecule has 2 nitrogen and oxygen atoms in total. The van der Waals surface area contributed by atoms with E-state index in [4.69, 9.17) is 4.74 Å². The summed E-state index contributed by atoms with van der Waals surface area (Å²) in [5, 5.41) is 9.78. The molecule has 0 radical (unpaired) electrons. The maximum absolute atomic E-state index is 14.9. The number of aliphatic hydroxyl groups excluding tert-OH is 1. The fourth-order valence-electron chi connectivity index (χ4n) is 5.93. The van der Waals surface area contributed by atoms with Crippen LogP contribution in [0.4, 0.5) is 17.6 Å². The molecule has 6 heteroatoms. The molecule has 196 valence electrons. The Morgan fingerprint density at radius 2 is 1.36 bits per heavy atom. The molecule has 0 amide bonds. The molecule has 36 heavy (non-hydrogen) atoms. The fourth-order valence-corrected chi connectivity index (χ4v) is 5.93. The van der Waals surface area contributed by atoms with E-state index in [0.29, 0.717) is 24.0 Å². The molecule has 0 spiro atoms. The molecule has 0 aromatic heterocycles. The summed E-state index contributed by atoms with van der Waals surface area (Å²) >= 11 is 0. The van der Waals surface area contributed by atoms with Crippen molar-refractivity contribution in [2.45, 2.75) is 83.2 Å². The van der Waals surface area contributed by atoms with Gasteiger partial charge in [-0.25, -0.2) is 13.2 Å². The number of ether oxygens (including phenoxy) is 1. The van der Waals surface area contributed by atoms with Gasteiger partial charge in [0.15, 0.2) is 23.2 Å². The molecule has 0 saturated heterocycles. The van der Waals surface area contributed by atoms with Gasteiger partial charge in [-0.3, -0.25) is 0 Å². The Morgan fingerprint density at radius 3 is 1.94 bits per heavy atom. The first-order chi connectivity index (χ1) is 17.3. The minimum atomic E-state index is -0.937. The zero-order valence-electron chi connectivity index (χ0n) is 21.1. The topological polar surface area (TPSA) is 29.5 Å². The van der Waals surface area contributed by atoms with Gasteiger partial charge >= 0.3 is 0 Å². The average molecular weight is 505 g/mol. The number of benzene rings is 2. The number of hydrogen-bond acceptors (Lipinski definition) is 2. The van der Waals surface area contributed by atoms with Crippen molar-refractivity contribution >= 4 is 6.08 Å². The van der Waals surface area contributed by atoms with Crippen molar-refractivity contribution < 1.29 is 27.4 Å². The fraction of sp³-hybridized carbons (Fsp3) is 0.533. The maximum atomic E-state index is 14.9. The van der Waals surface area contributed by atoms with Gasteiger partial charge in [-0.2, -0.15) is 4.39 Å². The summed E-state index contributed by atoms with van der Waals surface area (Å²) < 4.78 is 63.8. The van der Waals surface area contributed by atoms with Gasteiger partial charge in [-0.1, -0.05) is 30.4 Å². The third-order valence-corrected chi connectivity index (χ3v) is 8.17. The van der Waals surface area contributed by atoms with Crippen LogP contribution in [-0.2, 0) is 0 Å². The number of aliphatic hydroxyl groups is 1. The lowest BCUT2D eigenvalue weighted by atomic mass is 9.76. The second kappa shape index (κ2) is 11.8. The highest BCUT2D eigenvalue weighted by Crippen LogP contribution is 2.41. The summed E-state index contributed by atoms with van der Waals surface area (Å²) in [6.45, 7) is 3.78. The largest absolute Gasteiger partial charge is 0.491 e. The van der Waals surface area contributed by atoms with Gasteiger partial charge in [-0.15, -0.1) is 0 Å². The van der Waals surface area contributed by atoms with E-state index in [9.17, 15) is 22.7 Å². The molecule has 1 N–H and O–H groups in total. The molecule has 2 saturated carbocycles. The molecule has 0 bridgehead atoms. The van der Waals surface area contributed by atoms with Crippen LogP contribution in [0.15, 0.2) is 30.3 Å². The maximum Gasteiger partial charge on any atom is 0.200 e. The third-order valence-electron chi connectivity index (χ3n) is 8.17. The highest BCUT2D eigenvalue weighted by molar-refractivity contribution is 5.52. The van der Waals surface area contributed by atoms with Crippen LogP contribution in [0, 0.1) is 35.1 Å². The smallest absolute Gasteiger partial charge is 0.200 e. The van der Waals surface area contributed by atoms with Crippen molar-refractivity contribution in [2.24, 2.45) is 11.8 Å². The number of hydrogen-bond donors (Lipinski definition) is 1. The number of rotatable bonds is 7. The van der Waals surface area contributed by atoms with Crippen molar-refractivity contribution in [1.29, 1.82) is 0 Å². The molecular formula is C30H36F4O2. The third kappa shape index (κ3) is 5.80. The zero-order valence-corrected chi connectivity index (χ0v) is 21.1. The van der Waals surface area contributed by atoms with E-state index in [0.717, 1.165) is 38.5 Å². The van der Waals surface area contributed by atoms with E-state index < -0.39 is 23.3 Å². The average Bonchev–Trinajstić information content (AvgIpc) is 2.88. The molecule has 1 unspecified atom stereocenters. The highest BCUT2D eigenvalue weighted by atomic mass is 19.2. The van der Waals surface area contributed by atoms with Crippen molar-refractivity contribution in [3.8, 4) is 5.75 Å². The molecule has 4 rings (SSSR count). The van der Waals surface area contributed by atoms with Crippen LogP contribution in [0.25, 0.3) is 6.08 Å². The number of halogens is 4. The molecule has 2 fully saturated rings. The normalized spacial score (nSPS) is 25.8. The van der Waals surface area contributed by atoms with Crippen LogP contribution in [0.1, 0.15) is 93.7 Å². The first kappa shape index (κ1) is 26.7. The minimum absolute atomic E-state index is 0.0179. The number of allylic oxidation sites excluding steroid dienone is 1. The van der Waals surface area contributed by atoms with Crippen molar-refractivity contribution in [1.82, 2.24) is 0 Å². The summed E-state index contributed by atoms with van der Waals surface area (Å²) in [5.74, 6) is -3.11. The lowest BCUT2D eigenvalue weighted by molar-refractivity contribution is 0.0963. The second-order valence-electron chi connectivity index (χ2n) is 10.4. The Balaban J connectivity index is 1.36. The Hall–Kier alpha value is -2.34. The van der Waals surface area contributed by atoms with Crippen molar-refractivity contribution in [3.05, 3.63) is 70.3 Å². The first-order valence-electron chi connectivity index (χ1n) is 13.2. The highest BCUT2D eigenvalue weighted by Gasteiger charge is 2.29. The van der Waals surface area contributed by atoms with Crippen LogP contribution in [0.3, 0.4) is 0 Å². The van der Waals surface area contributed by atoms with E-state index in [-0.39, 0.29) is 47.7 Å². The molecular weight excluding hydrogens is 468 g/mol. The van der Waals surface area contributed by atoms with Crippen LogP contribution in [-0.4, -0.2) is 17.8 Å². The van der Waals surface area contributed by atoms with Crippen molar-refractivity contribution in [3.63, 3.8) is 0 Å². The predicted octanol–water partition coefficient (Wildman–Crippen LogP) is 8.28. The predicted molar refractivity (Wildman–Crippen MR) is 134 cm³/mol. The van der Waals surface area contributed by atoms with Crippen molar-refractivity contribution in [2.75, 3.05) is 6.61 Å². The standard InChI is InChI=1S/C30H36F4O2/c1-3-36-26-17-16-25(29(33)30(26)34)21-7-4-19(5-8-21)6-9-23-14-15-24(28(32)27(23)31)22-12-10-20(11-13-22)18(2)35/h6,9,14-22,35H,3-5,7-8,10-13H2,1-2H3/b9-6+. The summed E-state index contributed by atoms with van der Waals surface area (Å²) in [5.41, 5.74) is 1.04. The van der Waals surface area contributed by atoms with Crippen LogP contribution >= 0.6 is 0 Å². The summed E-state index contributed by atoms with van der Waals surface area (Å²) in [6, 6.07) is 6.45. The Bertz CT molecular complexity index is 1070. The molecule has 1 atom stereocenters. The minimum Gasteiger partial charge on any atom is -0.491 e. The van der Waals surface area contributed by atoms with E-state index in [1.54, 1.807) is 38.1 Å². The van der Waals surface area contributed by atoms with E-state index in [1.165, 1.54) is 6.07 Å². The van der Waals surface area contributed by atoms with Crippen LogP contribution in [0.5, 0.6) is 5.75 Å².